The molecule has 12 aliphatic rings. The number of rotatable bonds is 20. The maximum atomic E-state index is 15.8. The van der Waals surface area contributed by atoms with Crippen molar-refractivity contribution in [3.05, 3.63) is 11.6 Å². The third kappa shape index (κ3) is 14.5. The molecule has 1 amide bonds. The highest BCUT2D eigenvalue weighted by Crippen LogP contribution is 2.76. The number of nitrogens with one attached hydrogen (secondary N) is 1. The summed E-state index contributed by atoms with van der Waals surface area (Å²) in [5.74, 6) is -3.43. The number of amides is 1. The maximum absolute atomic E-state index is 15.8. The van der Waals surface area contributed by atoms with Gasteiger partial charge in [-0.3, -0.25) is 9.59 Å². The van der Waals surface area contributed by atoms with E-state index in [4.69, 9.17) is 66.3 Å². The molecule has 40 atom stereocenters. The summed E-state index contributed by atoms with van der Waals surface area (Å²) in [6.45, 7) is 6.83. The molecule has 0 unspecified atom stereocenters. The maximum Gasteiger partial charge on any atom is 0.317 e. The predicted molar refractivity (Wildman–Crippen MR) is 352 cm³/mol. The average molecular weight is 1560 g/mol. The van der Waals surface area contributed by atoms with Gasteiger partial charge < -0.3 is 179 Å². The number of ether oxygens (including phenoxy) is 14. The van der Waals surface area contributed by atoms with Gasteiger partial charge in [-0.15, -0.1) is 0 Å². The van der Waals surface area contributed by atoms with Crippen LogP contribution >= 0.6 is 0 Å². The fourth-order valence-electron chi connectivity index (χ4n) is 20.5. The molecular weight excluding hydrogens is 1450 g/mol. The highest BCUT2D eigenvalue weighted by atomic mass is 16.8. The lowest BCUT2D eigenvalue weighted by atomic mass is 9.32. The topological polar surface area (TPSA) is 600 Å². The summed E-state index contributed by atoms with van der Waals surface area (Å²) in [5, 5.41) is 238. The molecule has 0 bridgehead atoms. The fourth-order valence-corrected chi connectivity index (χ4v) is 20.5. The summed E-state index contributed by atoms with van der Waals surface area (Å²) < 4.78 is 83.5. The second kappa shape index (κ2) is 32.1. The van der Waals surface area contributed by atoms with Gasteiger partial charge in [0.15, 0.2) is 43.8 Å². The van der Waals surface area contributed by atoms with Gasteiger partial charge in [0.05, 0.1) is 77.8 Å². The van der Waals surface area contributed by atoms with Gasteiger partial charge in [0.1, 0.15) is 139 Å². The number of allylic oxidation sites excluding steroid dienone is 1. The first-order valence-electron chi connectivity index (χ1n) is 37.3. The Balaban J connectivity index is 0.807. The van der Waals surface area contributed by atoms with Gasteiger partial charge in [0, 0.05) is 12.3 Å². The van der Waals surface area contributed by atoms with E-state index in [0.29, 0.717) is 37.7 Å². The van der Waals surface area contributed by atoms with Gasteiger partial charge in [-0.05, 0) is 90.8 Å². The van der Waals surface area contributed by atoms with Gasteiger partial charge in [0.25, 0.3) is 0 Å². The molecule has 38 nitrogen and oxygen atoms in total. The highest BCUT2D eigenvalue weighted by molar-refractivity contribution is 5.80. The molecule has 0 radical (unpaired) electrons. The van der Waals surface area contributed by atoms with E-state index >= 15 is 4.79 Å². The summed E-state index contributed by atoms with van der Waals surface area (Å²) >= 11 is 0. The van der Waals surface area contributed by atoms with Crippen LogP contribution in [0.25, 0.3) is 0 Å². The number of hydrogen-bond donors (Lipinski definition) is 22. The van der Waals surface area contributed by atoms with Crippen LogP contribution in [0, 0.1) is 50.2 Å². The Morgan fingerprint density at radius 2 is 1.06 bits per heavy atom. The Hall–Kier alpha value is -2.68. The van der Waals surface area contributed by atoms with E-state index in [-0.39, 0.29) is 31.1 Å². The Bertz CT molecular complexity index is 3130. The molecule has 5 aliphatic carbocycles. The van der Waals surface area contributed by atoms with E-state index in [2.05, 4.69) is 12.2 Å². The van der Waals surface area contributed by atoms with Crippen LogP contribution in [0.1, 0.15) is 99.8 Å². The first-order valence-corrected chi connectivity index (χ1v) is 37.3. The van der Waals surface area contributed by atoms with Gasteiger partial charge >= 0.3 is 5.97 Å². The minimum absolute atomic E-state index is 0.102. The van der Waals surface area contributed by atoms with E-state index in [1.807, 2.05) is 40.7 Å². The molecular formula is C70H113NO37. The van der Waals surface area contributed by atoms with E-state index in [9.17, 15) is 112 Å². The molecule has 0 aromatic heterocycles. The minimum atomic E-state index is -2.16. The Morgan fingerprint density at radius 1 is 0.509 bits per heavy atom. The standard InChI is InChI=1S/C70H113NO37/c1-26(76)71-38-50(105-57-45(86)39(80)29(77)19-95-57)43(84)34(22-98-59-48(89)51(42(83)33(18-73)100-59)106-58-46(87)40(81)30(78)20-96-58)102-56(38)103-37-11-12-66(6)35(65(37,4)5)10-13-67(7)36(66)9-8-27-28-16-64(2,3)14-15-69(28,53(90)54(91)70(27,67)24-75)63(93)108-61-52(44(85)41(82)32(17-72)101-61)107-60-47(88)49(31(79)21-97-60)104-62-55(92)68(94,23-74)25-99-62/h8,28-62,72-75,77-92,94H,9-25H2,1-7H3,(H,71,76)/t28-,29+,30+,31+,32+,33+,34+,35-,36+,37-,38+,39-,40-,41+,42+,43+,44-,45+,46+,47+,48+,49-,50+,51-,52+,53+,54-,55-,56-,57-,58-,59+,60-,61-,62-,66-,67+,68+,69+,70-/m0/s1. The van der Waals surface area contributed by atoms with Crippen LogP contribution in [0.4, 0.5) is 0 Å². The zero-order valence-corrected chi connectivity index (χ0v) is 61.2. The molecule has 11 fully saturated rings. The summed E-state index contributed by atoms with van der Waals surface area (Å²) in [4.78, 5) is 29.1. The first kappa shape index (κ1) is 84.7. The number of hydrogen-bond acceptors (Lipinski definition) is 37. The van der Waals surface area contributed by atoms with Crippen LogP contribution in [0.2, 0.25) is 0 Å². The highest BCUT2D eigenvalue weighted by Gasteiger charge is 2.77. The number of carbonyl (C=O) groups is 2. The smallest absolute Gasteiger partial charge is 0.317 e. The summed E-state index contributed by atoms with van der Waals surface area (Å²) in [5.41, 5.74) is -8.47. The fraction of sp³-hybridized carbons (Fsp3) is 0.943. The number of carbonyl (C=O) groups excluding carboxylic acids is 2. The number of fused-ring (bicyclic) bond motifs is 7. The van der Waals surface area contributed by atoms with Crippen LogP contribution in [0.3, 0.4) is 0 Å². The van der Waals surface area contributed by atoms with Crippen molar-refractivity contribution >= 4 is 11.9 Å². The lowest BCUT2D eigenvalue weighted by molar-refractivity contribution is -0.363. The summed E-state index contributed by atoms with van der Waals surface area (Å²) in [7, 11) is 0. The van der Waals surface area contributed by atoms with Crippen molar-refractivity contribution in [2.75, 3.05) is 59.5 Å². The molecule has 0 aromatic rings. The van der Waals surface area contributed by atoms with Crippen LogP contribution < -0.4 is 5.32 Å². The van der Waals surface area contributed by atoms with Gasteiger partial charge in [-0.25, -0.2) is 0 Å². The molecule has 38 heteroatoms. The van der Waals surface area contributed by atoms with Crippen molar-refractivity contribution < 1.29 is 183 Å². The van der Waals surface area contributed by atoms with Crippen molar-refractivity contribution in [1.29, 1.82) is 0 Å². The molecule has 7 heterocycles. The van der Waals surface area contributed by atoms with E-state index in [1.165, 1.54) is 6.92 Å². The Kier molecular flexibility index (Phi) is 25.2. The molecule has 4 saturated carbocycles. The molecule has 7 aliphatic heterocycles. The number of aliphatic hydroxyl groups excluding tert-OH is 20. The Labute approximate surface area is 621 Å². The van der Waals surface area contributed by atoms with Crippen LogP contribution in [-0.2, 0) is 75.9 Å². The van der Waals surface area contributed by atoms with E-state index in [0.717, 1.165) is 0 Å². The summed E-state index contributed by atoms with van der Waals surface area (Å²) in [6.07, 6.45) is -50.5. The zero-order chi connectivity index (χ0) is 78.8. The molecule has 0 aromatic carbocycles. The molecule has 7 saturated heterocycles. The lowest BCUT2D eigenvalue weighted by Gasteiger charge is -2.73. The molecule has 12 rings (SSSR count). The van der Waals surface area contributed by atoms with Crippen molar-refractivity contribution in [2.45, 2.75) is 302 Å². The number of aliphatic hydroxyl groups is 21. The first-order chi connectivity index (χ1) is 50.7. The third-order valence-corrected chi connectivity index (χ3v) is 26.7. The third-order valence-electron chi connectivity index (χ3n) is 26.7. The predicted octanol–water partition coefficient (Wildman–Crippen LogP) is -8.95. The molecule has 22 N–H and O–H groups in total. The van der Waals surface area contributed by atoms with Crippen molar-refractivity contribution in [3.63, 3.8) is 0 Å². The normalized spacial score (nSPS) is 52.9. The molecule has 108 heavy (non-hydrogen) atoms. The van der Waals surface area contributed by atoms with Crippen LogP contribution in [0.5, 0.6) is 0 Å². The Morgan fingerprint density at radius 3 is 1.67 bits per heavy atom. The van der Waals surface area contributed by atoms with Crippen molar-refractivity contribution in [2.24, 2.45) is 50.2 Å². The quantitative estimate of drug-likeness (QED) is 0.0306. The largest absolute Gasteiger partial charge is 0.432 e. The molecule has 0 spiro atoms. The van der Waals surface area contributed by atoms with Crippen molar-refractivity contribution in [3.8, 4) is 0 Å². The second-order valence-corrected chi connectivity index (χ2v) is 33.9. The van der Waals surface area contributed by atoms with Crippen LogP contribution in [0.15, 0.2) is 11.6 Å². The average Bonchev–Trinajstić information content (AvgIpc) is 0.718. The second-order valence-electron chi connectivity index (χ2n) is 33.9. The van der Waals surface area contributed by atoms with E-state index in [1.54, 1.807) is 0 Å². The number of esters is 1. The van der Waals surface area contributed by atoms with E-state index < -0.39 is 312 Å². The summed E-state index contributed by atoms with van der Waals surface area (Å²) in [6, 6.07) is -1.46. The monoisotopic (exact) mass is 1560 g/mol. The molecule has 620 valence electrons. The van der Waals surface area contributed by atoms with Gasteiger partial charge in [-0.2, -0.15) is 0 Å². The van der Waals surface area contributed by atoms with Crippen LogP contribution in [-0.4, -0.2) is 381 Å². The van der Waals surface area contributed by atoms with Crippen molar-refractivity contribution in [1.82, 2.24) is 5.32 Å². The van der Waals surface area contributed by atoms with Gasteiger partial charge in [-0.1, -0.05) is 53.2 Å². The zero-order valence-electron chi connectivity index (χ0n) is 61.2. The minimum Gasteiger partial charge on any atom is -0.432 e. The lowest BCUT2D eigenvalue weighted by Crippen LogP contribution is -2.74. The SMILES string of the molecule is CC(=O)N[C@H]1[C@H](O[C@H]2CC[C@]3(C)[C@H]4CC=C5[C@@H]6CC(C)(C)CC[C@]6(C(=O)O[C@@H]6O[C@H](CO)[C@@H](O)[C@H](O)[C@H]6O[C@@H]6OC[C@@H](O)[C@H](O[C@@H]7OC[C@](O)(CO)[C@H]7O)[C@H]6O)[C@H](O)[C@H](O)[C@@]5(CO)[C@]4(C)CC[C@H]3C2(C)C)O[C@H](CO[C@@H]2O[C@H](CO)[C@@H](O)[C@H](O[C@@H]3OC[C@@H](O)[C@H](O)[C@H]3O)[C@H]2O)[C@@H](O)[C@@H]1O[C@@H]1OC[C@@H](O)[C@H](O)[C@H]1O. The van der Waals surface area contributed by atoms with Gasteiger partial charge in [0.2, 0.25) is 12.2 Å².